The first kappa shape index (κ1) is 18.1. The molecule has 0 saturated heterocycles. The van der Waals surface area contributed by atoms with E-state index in [1.54, 1.807) is 17.5 Å². The number of anilines is 1. The average Bonchev–Trinajstić information content (AvgIpc) is 3.41. The average molecular weight is 426 g/mol. The Labute approximate surface area is 183 Å². The maximum absolute atomic E-state index is 5.03. The Morgan fingerprint density at radius 3 is 2.65 bits per heavy atom. The largest absolute Gasteiger partial charge is 0.347 e. The van der Waals surface area contributed by atoms with Crippen LogP contribution in [0.1, 0.15) is 11.6 Å². The van der Waals surface area contributed by atoms with Crippen molar-refractivity contribution in [1.82, 2.24) is 29.7 Å². The summed E-state index contributed by atoms with van der Waals surface area (Å²) >= 11 is 1.65. The van der Waals surface area contributed by atoms with Crippen LogP contribution in [0.4, 0.5) is 5.82 Å². The van der Waals surface area contributed by atoms with Crippen LogP contribution in [0.25, 0.3) is 32.9 Å². The van der Waals surface area contributed by atoms with E-state index in [2.05, 4.69) is 49.6 Å². The molecule has 5 aromatic rings. The molecule has 0 unspecified atom stereocenters. The van der Waals surface area contributed by atoms with E-state index >= 15 is 0 Å². The van der Waals surface area contributed by atoms with Gasteiger partial charge < -0.3 is 4.90 Å². The zero-order valence-electron chi connectivity index (χ0n) is 16.9. The van der Waals surface area contributed by atoms with Gasteiger partial charge in [0.25, 0.3) is 0 Å². The van der Waals surface area contributed by atoms with Crippen molar-refractivity contribution in [2.45, 2.75) is 20.0 Å². The summed E-state index contributed by atoms with van der Waals surface area (Å²) in [7, 11) is 0. The molecule has 1 aromatic carbocycles. The second-order valence-electron chi connectivity index (χ2n) is 7.50. The van der Waals surface area contributed by atoms with Gasteiger partial charge in [0, 0.05) is 23.7 Å². The molecule has 0 aliphatic carbocycles. The van der Waals surface area contributed by atoms with Crippen molar-refractivity contribution < 1.29 is 0 Å². The molecule has 6 rings (SSSR count). The third-order valence-corrected chi connectivity index (χ3v) is 6.33. The lowest BCUT2D eigenvalue weighted by molar-refractivity contribution is 0.510. The van der Waals surface area contributed by atoms with Gasteiger partial charge in [0.2, 0.25) is 0 Å². The zero-order chi connectivity index (χ0) is 20.8. The predicted octanol–water partition coefficient (Wildman–Crippen LogP) is 4.34. The molecule has 0 N–H and O–H groups in total. The van der Waals surface area contributed by atoms with Gasteiger partial charge in [-0.25, -0.2) is 19.6 Å². The van der Waals surface area contributed by atoms with Gasteiger partial charge >= 0.3 is 0 Å². The van der Waals surface area contributed by atoms with Crippen LogP contribution in [0.3, 0.4) is 0 Å². The van der Waals surface area contributed by atoms with Crippen molar-refractivity contribution in [2.24, 2.45) is 0 Å². The van der Waals surface area contributed by atoms with Gasteiger partial charge in [0.15, 0.2) is 5.82 Å². The summed E-state index contributed by atoms with van der Waals surface area (Å²) in [6, 6.07) is 16.2. The number of hydrogen-bond donors (Lipinski definition) is 0. The number of fused-ring (bicyclic) bond motifs is 2. The molecule has 152 valence electrons. The summed E-state index contributed by atoms with van der Waals surface area (Å²) < 4.78 is 2.00. The minimum absolute atomic E-state index is 0.646. The maximum Gasteiger partial charge on any atom is 0.181 e. The molecule has 0 radical (unpaired) electrons. The van der Waals surface area contributed by atoms with Crippen LogP contribution >= 0.6 is 11.3 Å². The molecule has 1 aliphatic heterocycles. The Balaban J connectivity index is 1.55. The lowest BCUT2D eigenvalue weighted by Gasteiger charge is -2.28. The van der Waals surface area contributed by atoms with Crippen LogP contribution in [0.5, 0.6) is 0 Å². The fraction of sp³-hybridized carbons (Fsp3) is 0.174. The lowest BCUT2D eigenvalue weighted by atomic mass is 10.1. The number of aromatic nitrogens is 6. The maximum atomic E-state index is 5.03. The Morgan fingerprint density at radius 2 is 1.81 bits per heavy atom. The molecule has 0 amide bonds. The van der Waals surface area contributed by atoms with Crippen LogP contribution < -0.4 is 4.90 Å². The third-order valence-electron chi connectivity index (χ3n) is 5.46. The van der Waals surface area contributed by atoms with Crippen LogP contribution in [0.2, 0.25) is 0 Å². The quantitative estimate of drug-likeness (QED) is 0.428. The number of rotatable bonds is 3. The first-order valence-corrected chi connectivity index (χ1v) is 11.1. The van der Waals surface area contributed by atoms with E-state index in [9.17, 15) is 0 Å². The normalized spacial score (nSPS) is 13.5. The highest BCUT2D eigenvalue weighted by Crippen LogP contribution is 2.40. The smallest absolute Gasteiger partial charge is 0.181 e. The summed E-state index contributed by atoms with van der Waals surface area (Å²) in [5.41, 5.74) is 3.10. The summed E-state index contributed by atoms with van der Waals surface area (Å²) in [6.07, 6.45) is 1.78. The number of thiophene rings is 1. The molecule has 5 heterocycles. The van der Waals surface area contributed by atoms with E-state index in [0.29, 0.717) is 12.4 Å². The van der Waals surface area contributed by atoms with Crippen molar-refractivity contribution in [2.75, 3.05) is 11.4 Å². The van der Waals surface area contributed by atoms with Gasteiger partial charge in [-0.15, -0.1) is 11.3 Å². The zero-order valence-corrected chi connectivity index (χ0v) is 17.8. The molecule has 31 heavy (non-hydrogen) atoms. The standard InChI is InChI=1S/C23H19N7S/c1-15-25-19-13-29(11-12-30(19)28-15)22-20-17(16-7-3-2-4-8-16)14-31-23(20)27-21(26-22)18-9-5-6-10-24-18/h2-10,14H,11-13H2,1H3. The van der Waals surface area contributed by atoms with Gasteiger partial charge in [0.1, 0.15) is 28.0 Å². The first-order chi connectivity index (χ1) is 15.3. The molecular weight excluding hydrogens is 406 g/mol. The minimum atomic E-state index is 0.646. The highest BCUT2D eigenvalue weighted by atomic mass is 32.1. The molecule has 4 aromatic heterocycles. The van der Waals surface area contributed by atoms with E-state index < -0.39 is 0 Å². The number of pyridine rings is 1. The molecule has 0 atom stereocenters. The van der Waals surface area contributed by atoms with Gasteiger partial charge in [-0.05, 0) is 24.6 Å². The third kappa shape index (κ3) is 3.16. The SMILES string of the molecule is Cc1nc2n(n1)CCN(c1nc(-c3ccccn3)nc3scc(-c4ccccc4)c13)C2. The van der Waals surface area contributed by atoms with E-state index in [0.717, 1.165) is 52.0 Å². The van der Waals surface area contributed by atoms with Gasteiger partial charge in [-0.3, -0.25) is 4.98 Å². The van der Waals surface area contributed by atoms with Crippen molar-refractivity contribution in [3.63, 3.8) is 0 Å². The van der Waals surface area contributed by atoms with E-state index in [4.69, 9.17) is 9.97 Å². The Bertz CT molecular complexity index is 1380. The molecule has 0 spiro atoms. The molecular formula is C23H19N7S. The Kier molecular flexibility index (Phi) is 4.24. The second-order valence-corrected chi connectivity index (χ2v) is 8.36. The molecule has 0 fully saturated rings. The van der Waals surface area contributed by atoms with E-state index in [1.807, 2.05) is 35.9 Å². The Morgan fingerprint density at radius 1 is 0.935 bits per heavy atom. The number of nitrogens with zero attached hydrogens (tertiary/aromatic N) is 7. The van der Waals surface area contributed by atoms with Gasteiger partial charge in [-0.1, -0.05) is 36.4 Å². The highest BCUT2D eigenvalue weighted by Gasteiger charge is 2.25. The number of hydrogen-bond acceptors (Lipinski definition) is 7. The summed E-state index contributed by atoms with van der Waals surface area (Å²) in [4.78, 5) is 22.3. The van der Waals surface area contributed by atoms with Crippen LogP contribution in [-0.2, 0) is 13.1 Å². The number of aryl methyl sites for hydroxylation is 1. The fourth-order valence-corrected chi connectivity index (χ4v) is 4.98. The Hall–Kier alpha value is -3.65. The monoisotopic (exact) mass is 425 g/mol. The highest BCUT2D eigenvalue weighted by molar-refractivity contribution is 7.17. The van der Waals surface area contributed by atoms with E-state index in [1.165, 1.54) is 5.56 Å². The van der Waals surface area contributed by atoms with Gasteiger partial charge in [-0.2, -0.15) is 5.10 Å². The molecule has 1 aliphatic rings. The molecule has 0 saturated carbocycles. The van der Waals surface area contributed by atoms with Gasteiger partial charge in [0.05, 0.1) is 18.5 Å². The summed E-state index contributed by atoms with van der Waals surface area (Å²) in [5, 5.41) is 7.76. The van der Waals surface area contributed by atoms with E-state index in [-0.39, 0.29) is 0 Å². The topological polar surface area (TPSA) is 72.6 Å². The van der Waals surface area contributed by atoms with Crippen LogP contribution in [0, 0.1) is 6.92 Å². The van der Waals surface area contributed by atoms with Crippen LogP contribution in [-0.4, -0.2) is 36.3 Å². The van der Waals surface area contributed by atoms with Crippen molar-refractivity contribution >= 4 is 27.4 Å². The minimum Gasteiger partial charge on any atom is -0.347 e. The lowest BCUT2D eigenvalue weighted by Crippen LogP contribution is -2.35. The molecule has 0 bridgehead atoms. The predicted molar refractivity (Wildman–Crippen MR) is 122 cm³/mol. The molecule has 7 nitrogen and oxygen atoms in total. The number of benzene rings is 1. The van der Waals surface area contributed by atoms with Crippen molar-refractivity contribution in [3.05, 3.63) is 71.8 Å². The molecule has 8 heteroatoms. The summed E-state index contributed by atoms with van der Waals surface area (Å²) in [6.45, 7) is 4.20. The summed E-state index contributed by atoms with van der Waals surface area (Å²) in [5.74, 6) is 3.34. The van der Waals surface area contributed by atoms with Crippen molar-refractivity contribution in [1.29, 1.82) is 0 Å². The van der Waals surface area contributed by atoms with Crippen LogP contribution in [0.15, 0.2) is 60.1 Å². The van der Waals surface area contributed by atoms with Crippen molar-refractivity contribution in [3.8, 4) is 22.6 Å². The first-order valence-electron chi connectivity index (χ1n) is 10.2. The fourth-order valence-electron chi connectivity index (χ4n) is 4.03. The second kappa shape index (κ2) is 7.24.